The van der Waals surface area contributed by atoms with E-state index in [0.29, 0.717) is 0 Å². The van der Waals surface area contributed by atoms with Crippen LogP contribution in [0.4, 0.5) is 4.39 Å². The summed E-state index contributed by atoms with van der Waals surface area (Å²) in [7, 11) is 1.24. The van der Waals surface area contributed by atoms with Crippen LogP contribution in [0.1, 0.15) is 10.5 Å². The molecule has 1 aromatic heterocycles. The zero-order valence-corrected chi connectivity index (χ0v) is 7.76. The normalized spacial score (nSPS) is 9.58. The number of hydrogen-bond acceptors (Lipinski definition) is 3. The van der Waals surface area contributed by atoms with E-state index >= 15 is 0 Å². The first-order chi connectivity index (χ1) is 5.65. The summed E-state index contributed by atoms with van der Waals surface area (Å²) in [6, 6.07) is 1.27. The Bertz CT molecular complexity index is 316. The average molecular weight is 234 g/mol. The molecular weight excluding hydrogens is 229 g/mol. The van der Waals surface area contributed by atoms with Crippen LogP contribution < -0.4 is 0 Å². The van der Waals surface area contributed by atoms with Gasteiger partial charge >= 0.3 is 5.97 Å². The first kappa shape index (κ1) is 9.12. The van der Waals surface area contributed by atoms with Gasteiger partial charge in [-0.3, -0.25) is 0 Å². The van der Waals surface area contributed by atoms with Crippen LogP contribution in [-0.2, 0) is 4.74 Å². The Balaban J connectivity index is 3.05. The number of pyridine rings is 1. The maximum Gasteiger partial charge on any atom is 0.356 e. The second-order valence-corrected chi connectivity index (χ2v) is 2.83. The molecule has 0 saturated carbocycles. The Morgan fingerprint density at radius 3 is 2.92 bits per heavy atom. The molecule has 0 N–H and O–H groups in total. The van der Waals surface area contributed by atoms with Gasteiger partial charge in [0.1, 0.15) is 5.69 Å². The molecule has 64 valence electrons. The third-order valence-corrected chi connectivity index (χ3v) is 1.81. The third-order valence-electron chi connectivity index (χ3n) is 1.20. The van der Waals surface area contributed by atoms with Crippen LogP contribution >= 0.6 is 15.9 Å². The van der Waals surface area contributed by atoms with E-state index in [9.17, 15) is 9.18 Å². The van der Waals surface area contributed by atoms with Crippen molar-refractivity contribution in [1.82, 2.24) is 4.98 Å². The highest BCUT2D eigenvalue weighted by Crippen LogP contribution is 2.14. The van der Waals surface area contributed by atoms with E-state index < -0.39 is 11.8 Å². The van der Waals surface area contributed by atoms with Crippen molar-refractivity contribution < 1.29 is 13.9 Å². The van der Waals surface area contributed by atoms with E-state index in [4.69, 9.17) is 0 Å². The van der Waals surface area contributed by atoms with Crippen molar-refractivity contribution >= 4 is 21.9 Å². The van der Waals surface area contributed by atoms with Crippen molar-refractivity contribution in [3.63, 3.8) is 0 Å². The zero-order chi connectivity index (χ0) is 9.14. The lowest BCUT2D eigenvalue weighted by molar-refractivity contribution is 0.0594. The number of hydrogen-bond donors (Lipinski definition) is 0. The van der Waals surface area contributed by atoms with Gasteiger partial charge in [-0.1, -0.05) is 0 Å². The molecular formula is C7H5BrFNO2. The predicted octanol–water partition coefficient (Wildman–Crippen LogP) is 1.77. The van der Waals surface area contributed by atoms with Crippen LogP contribution in [0.15, 0.2) is 16.7 Å². The van der Waals surface area contributed by atoms with Gasteiger partial charge in [0.05, 0.1) is 17.8 Å². The highest BCUT2D eigenvalue weighted by molar-refractivity contribution is 9.10. The smallest absolute Gasteiger partial charge is 0.356 e. The predicted molar refractivity (Wildman–Crippen MR) is 43.2 cm³/mol. The molecule has 0 radical (unpaired) electrons. The van der Waals surface area contributed by atoms with Crippen LogP contribution in [0.3, 0.4) is 0 Å². The lowest BCUT2D eigenvalue weighted by Gasteiger charge is -1.98. The number of carbonyl (C=O) groups excluding carboxylic acids is 1. The second-order valence-electron chi connectivity index (χ2n) is 1.98. The summed E-state index contributed by atoms with van der Waals surface area (Å²) in [6.45, 7) is 0. The molecule has 1 aromatic rings. The van der Waals surface area contributed by atoms with Gasteiger partial charge in [0.15, 0.2) is 5.82 Å². The maximum atomic E-state index is 12.6. The summed E-state index contributed by atoms with van der Waals surface area (Å²) >= 11 is 2.92. The first-order valence-corrected chi connectivity index (χ1v) is 3.84. The van der Waals surface area contributed by atoms with E-state index in [1.807, 2.05) is 0 Å². The van der Waals surface area contributed by atoms with Gasteiger partial charge in [-0.2, -0.15) is 0 Å². The summed E-state index contributed by atoms with van der Waals surface area (Å²) in [5.41, 5.74) is 0.0748. The van der Waals surface area contributed by atoms with Gasteiger partial charge in [-0.05, 0) is 22.0 Å². The lowest BCUT2D eigenvalue weighted by Crippen LogP contribution is -2.04. The summed E-state index contributed by atoms with van der Waals surface area (Å²) in [4.78, 5) is 14.4. The van der Waals surface area contributed by atoms with Crippen molar-refractivity contribution in [3.8, 4) is 0 Å². The molecule has 1 rings (SSSR count). The Morgan fingerprint density at radius 1 is 1.75 bits per heavy atom. The molecule has 3 nitrogen and oxygen atoms in total. The molecule has 12 heavy (non-hydrogen) atoms. The minimum absolute atomic E-state index is 0.0748. The Labute approximate surface area is 76.7 Å². The van der Waals surface area contributed by atoms with Gasteiger partial charge in [0, 0.05) is 0 Å². The van der Waals surface area contributed by atoms with Gasteiger partial charge in [0.25, 0.3) is 0 Å². The van der Waals surface area contributed by atoms with Crippen molar-refractivity contribution in [2.45, 2.75) is 0 Å². The first-order valence-electron chi connectivity index (χ1n) is 3.04. The number of nitrogens with zero attached hydrogens (tertiary/aromatic N) is 1. The number of methoxy groups -OCH3 is 1. The Hall–Kier alpha value is -0.970. The molecule has 0 amide bonds. The quantitative estimate of drug-likeness (QED) is 0.695. The fourth-order valence-electron chi connectivity index (χ4n) is 0.630. The fraction of sp³-hybridized carbons (Fsp3) is 0.143. The third kappa shape index (κ3) is 1.79. The summed E-state index contributed by atoms with van der Waals surface area (Å²) < 4.78 is 17.2. The fourth-order valence-corrected chi connectivity index (χ4v) is 0.950. The van der Waals surface area contributed by atoms with Gasteiger partial charge < -0.3 is 4.74 Å². The molecule has 0 aliphatic heterocycles. The molecule has 0 bridgehead atoms. The topological polar surface area (TPSA) is 39.2 Å². The van der Waals surface area contributed by atoms with Crippen LogP contribution in [-0.4, -0.2) is 18.1 Å². The standard InChI is InChI=1S/C7H5BrFNO2/c1-12-7(11)6-2-4(8)5(9)3-10-6/h2-3H,1H3. The highest BCUT2D eigenvalue weighted by atomic mass is 79.9. The van der Waals surface area contributed by atoms with Crippen molar-refractivity contribution in [2.24, 2.45) is 0 Å². The van der Waals surface area contributed by atoms with Gasteiger partial charge in [-0.25, -0.2) is 14.2 Å². The van der Waals surface area contributed by atoms with Crippen molar-refractivity contribution in [1.29, 1.82) is 0 Å². The Kier molecular flexibility index (Phi) is 2.75. The molecule has 0 atom stereocenters. The van der Waals surface area contributed by atoms with Crippen LogP contribution in [0, 0.1) is 5.82 Å². The minimum Gasteiger partial charge on any atom is -0.464 e. The molecule has 0 aliphatic rings. The van der Waals surface area contributed by atoms with Gasteiger partial charge in [-0.15, -0.1) is 0 Å². The summed E-state index contributed by atoms with van der Waals surface area (Å²) in [5, 5.41) is 0. The Morgan fingerprint density at radius 2 is 2.42 bits per heavy atom. The summed E-state index contributed by atoms with van der Waals surface area (Å²) in [6.07, 6.45) is 0.955. The van der Waals surface area contributed by atoms with Crippen LogP contribution in [0.2, 0.25) is 0 Å². The van der Waals surface area contributed by atoms with E-state index in [0.717, 1.165) is 6.20 Å². The SMILES string of the molecule is COC(=O)c1cc(Br)c(F)cn1. The van der Waals surface area contributed by atoms with Crippen LogP contribution in [0.5, 0.6) is 0 Å². The molecule has 0 unspecified atom stereocenters. The average Bonchev–Trinajstić information content (AvgIpc) is 2.08. The zero-order valence-electron chi connectivity index (χ0n) is 6.17. The molecule has 5 heteroatoms. The maximum absolute atomic E-state index is 12.6. The van der Waals surface area contributed by atoms with Gasteiger partial charge in [0.2, 0.25) is 0 Å². The lowest BCUT2D eigenvalue weighted by atomic mass is 10.3. The molecule has 0 aromatic carbocycles. The number of esters is 1. The van der Waals surface area contributed by atoms with Crippen molar-refractivity contribution in [2.75, 3.05) is 7.11 Å². The number of carbonyl (C=O) groups is 1. The number of aromatic nitrogens is 1. The van der Waals surface area contributed by atoms with Crippen molar-refractivity contribution in [3.05, 3.63) is 28.2 Å². The summed E-state index contributed by atoms with van der Waals surface area (Å²) in [5.74, 6) is -1.10. The number of rotatable bonds is 1. The molecule has 0 aliphatic carbocycles. The monoisotopic (exact) mass is 233 g/mol. The van der Waals surface area contributed by atoms with E-state index in [2.05, 4.69) is 25.7 Å². The number of ether oxygens (including phenoxy) is 1. The molecule has 0 fully saturated rings. The molecule has 0 spiro atoms. The van der Waals surface area contributed by atoms with E-state index in [1.54, 1.807) is 0 Å². The largest absolute Gasteiger partial charge is 0.464 e. The molecule has 0 saturated heterocycles. The van der Waals surface area contributed by atoms with Crippen LogP contribution in [0.25, 0.3) is 0 Å². The second kappa shape index (κ2) is 3.62. The number of halogens is 2. The molecule has 1 heterocycles. The minimum atomic E-state index is -0.587. The van der Waals surface area contributed by atoms with E-state index in [1.165, 1.54) is 13.2 Å². The highest BCUT2D eigenvalue weighted by Gasteiger charge is 2.09. The van der Waals surface area contributed by atoms with E-state index in [-0.39, 0.29) is 10.2 Å².